The molecule has 0 aliphatic heterocycles. The van der Waals surface area contributed by atoms with Gasteiger partial charge in [-0.3, -0.25) is 0 Å². The lowest BCUT2D eigenvalue weighted by atomic mass is 9.60. The predicted molar refractivity (Wildman–Crippen MR) is 94.2 cm³/mol. The SMILES string of the molecule is Cc1ccccc1C1(C2C=Cc3ccccc32)CCCCC1. The minimum atomic E-state index is 0.298. The van der Waals surface area contributed by atoms with Gasteiger partial charge >= 0.3 is 0 Å². The van der Waals surface area contributed by atoms with E-state index in [2.05, 4.69) is 67.6 Å². The van der Waals surface area contributed by atoms with E-state index in [1.807, 2.05) is 0 Å². The molecule has 22 heavy (non-hydrogen) atoms. The molecule has 2 aliphatic carbocycles. The maximum Gasteiger partial charge on any atom is 0.0124 e. The summed E-state index contributed by atoms with van der Waals surface area (Å²) in [5, 5.41) is 0. The molecule has 0 bridgehead atoms. The van der Waals surface area contributed by atoms with Gasteiger partial charge < -0.3 is 0 Å². The van der Waals surface area contributed by atoms with Crippen LogP contribution in [-0.4, -0.2) is 0 Å². The number of hydrogen-bond donors (Lipinski definition) is 0. The molecule has 1 atom stereocenters. The number of fused-ring (bicyclic) bond motifs is 1. The highest BCUT2D eigenvalue weighted by molar-refractivity contribution is 5.64. The summed E-state index contributed by atoms with van der Waals surface area (Å²) in [5.74, 6) is 0.546. The third kappa shape index (κ3) is 2.05. The fourth-order valence-corrected chi connectivity index (χ4v) is 4.79. The van der Waals surface area contributed by atoms with Crippen molar-refractivity contribution in [2.45, 2.75) is 50.4 Å². The van der Waals surface area contributed by atoms with Crippen LogP contribution in [0, 0.1) is 6.92 Å². The molecule has 1 unspecified atom stereocenters. The van der Waals surface area contributed by atoms with Crippen LogP contribution < -0.4 is 0 Å². The zero-order valence-corrected chi connectivity index (χ0v) is 13.4. The lowest BCUT2D eigenvalue weighted by Crippen LogP contribution is -2.35. The van der Waals surface area contributed by atoms with Gasteiger partial charge in [0.25, 0.3) is 0 Å². The number of hydrogen-bond acceptors (Lipinski definition) is 0. The molecule has 0 amide bonds. The highest BCUT2D eigenvalue weighted by Gasteiger charge is 2.43. The number of benzene rings is 2. The van der Waals surface area contributed by atoms with Crippen LogP contribution in [0.25, 0.3) is 6.08 Å². The van der Waals surface area contributed by atoms with Gasteiger partial charge in [-0.25, -0.2) is 0 Å². The molecule has 4 rings (SSSR count). The zero-order chi connectivity index (χ0) is 15.0. The Morgan fingerprint density at radius 1 is 0.864 bits per heavy atom. The van der Waals surface area contributed by atoms with Crippen molar-refractivity contribution in [3.8, 4) is 0 Å². The van der Waals surface area contributed by atoms with Gasteiger partial charge in [0.05, 0.1) is 0 Å². The second kappa shape index (κ2) is 5.43. The van der Waals surface area contributed by atoms with Crippen molar-refractivity contribution in [1.82, 2.24) is 0 Å². The van der Waals surface area contributed by atoms with Gasteiger partial charge in [0.1, 0.15) is 0 Å². The normalized spacial score (nSPS) is 22.5. The summed E-state index contributed by atoms with van der Waals surface area (Å²) in [4.78, 5) is 0. The van der Waals surface area contributed by atoms with E-state index in [-0.39, 0.29) is 0 Å². The van der Waals surface area contributed by atoms with E-state index >= 15 is 0 Å². The Morgan fingerprint density at radius 3 is 2.41 bits per heavy atom. The molecule has 0 heterocycles. The van der Waals surface area contributed by atoms with Gasteiger partial charge in [-0.05, 0) is 42.0 Å². The van der Waals surface area contributed by atoms with Crippen molar-refractivity contribution in [2.24, 2.45) is 0 Å². The predicted octanol–water partition coefficient (Wildman–Crippen LogP) is 6.01. The van der Waals surface area contributed by atoms with E-state index in [1.165, 1.54) is 48.8 Å². The average molecular weight is 288 g/mol. The highest BCUT2D eigenvalue weighted by Crippen LogP contribution is 2.53. The fourth-order valence-electron chi connectivity index (χ4n) is 4.79. The van der Waals surface area contributed by atoms with E-state index in [1.54, 1.807) is 5.56 Å². The van der Waals surface area contributed by atoms with E-state index in [0.717, 1.165) is 0 Å². The van der Waals surface area contributed by atoms with E-state index in [4.69, 9.17) is 0 Å². The molecule has 0 aromatic heterocycles. The Kier molecular flexibility index (Phi) is 3.41. The Labute approximate surface area is 133 Å². The smallest absolute Gasteiger partial charge is 0.0124 e. The van der Waals surface area contributed by atoms with Crippen LogP contribution in [0.1, 0.15) is 60.3 Å². The lowest BCUT2D eigenvalue weighted by molar-refractivity contribution is 0.267. The molecule has 0 N–H and O–H groups in total. The second-order valence-corrected chi connectivity index (χ2v) is 7.00. The van der Waals surface area contributed by atoms with Crippen molar-refractivity contribution < 1.29 is 0 Å². The quantitative estimate of drug-likeness (QED) is 0.635. The molecule has 1 saturated carbocycles. The summed E-state index contributed by atoms with van der Waals surface area (Å²) in [6, 6.07) is 18.0. The van der Waals surface area contributed by atoms with Crippen molar-refractivity contribution in [3.05, 3.63) is 76.9 Å². The summed E-state index contributed by atoms with van der Waals surface area (Å²) in [5.41, 5.74) is 6.30. The first-order valence-corrected chi connectivity index (χ1v) is 8.64. The number of allylic oxidation sites excluding steroid dienone is 1. The molecular formula is C22H24. The third-order valence-electron chi connectivity index (χ3n) is 5.82. The first-order chi connectivity index (χ1) is 10.8. The minimum Gasteiger partial charge on any atom is -0.0755 e. The van der Waals surface area contributed by atoms with E-state index < -0.39 is 0 Å². The van der Waals surface area contributed by atoms with Crippen molar-refractivity contribution >= 4 is 6.08 Å². The van der Waals surface area contributed by atoms with Crippen LogP contribution in [0.3, 0.4) is 0 Å². The molecule has 0 nitrogen and oxygen atoms in total. The van der Waals surface area contributed by atoms with Crippen LogP contribution in [0.4, 0.5) is 0 Å². The third-order valence-corrected chi connectivity index (χ3v) is 5.82. The van der Waals surface area contributed by atoms with Gasteiger partial charge in [0.2, 0.25) is 0 Å². The van der Waals surface area contributed by atoms with Gasteiger partial charge in [-0.1, -0.05) is 79.9 Å². The Hall–Kier alpha value is -1.82. The molecule has 0 radical (unpaired) electrons. The monoisotopic (exact) mass is 288 g/mol. The van der Waals surface area contributed by atoms with Gasteiger partial charge in [-0.15, -0.1) is 0 Å². The largest absolute Gasteiger partial charge is 0.0755 e. The van der Waals surface area contributed by atoms with E-state index in [0.29, 0.717) is 11.3 Å². The van der Waals surface area contributed by atoms with E-state index in [9.17, 15) is 0 Å². The topological polar surface area (TPSA) is 0 Å². The van der Waals surface area contributed by atoms with Gasteiger partial charge in [0.15, 0.2) is 0 Å². The van der Waals surface area contributed by atoms with Crippen LogP contribution in [0.5, 0.6) is 0 Å². The maximum atomic E-state index is 2.47. The number of aryl methyl sites for hydroxylation is 1. The highest BCUT2D eigenvalue weighted by atomic mass is 14.5. The molecular weight excluding hydrogens is 264 g/mol. The summed E-state index contributed by atoms with van der Waals surface area (Å²) in [7, 11) is 0. The minimum absolute atomic E-state index is 0.298. The molecule has 0 spiro atoms. The van der Waals surface area contributed by atoms with Gasteiger partial charge in [-0.2, -0.15) is 0 Å². The molecule has 1 fully saturated rings. The second-order valence-electron chi connectivity index (χ2n) is 7.00. The summed E-state index contributed by atoms with van der Waals surface area (Å²) >= 11 is 0. The molecule has 2 aromatic rings. The molecule has 0 saturated heterocycles. The van der Waals surface area contributed by atoms with Crippen LogP contribution in [0.2, 0.25) is 0 Å². The summed E-state index contributed by atoms with van der Waals surface area (Å²) < 4.78 is 0. The number of rotatable bonds is 2. The lowest BCUT2D eigenvalue weighted by Gasteiger charge is -2.43. The Balaban J connectivity index is 1.87. The Bertz CT molecular complexity index is 701. The average Bonchev–Trinajstić information content (AvgIpc) is 3.00. The standard InChI is InChI=1S/C22H24/c1-17-9-3-6-12-20(17)22(15-7-2-8-16-22)21-14-13-18-10-4-5-11-19(18)21/h3-6,9-14,21H,2,7-8,15-16H2,1H3. The molecule has 112 valence electrons. The zero-order valence-electron chi connectivity index (χ0n) is 13.4. The first kappa shape index (κ1) is 13.8. The van der Waals surface area contributed by atoms with Crippen LogP contribution in [-0.2, 0) is 5.41 Å². The maximum absolute atomic E-state index is 2.47. The molecule has 0 heteroatoms. The van der Waals surface area contributed by atoms with Gasteiger partial charge in [0, 0.05) is 11.3 Å². The van der Waals surface area contributed by atoms with Crippen molar-refractivity contribution in [2.75, 3.05) is 0 Å². The Morgan fingerprint density at radius 2 is 1.59 bits per heavy atom. The van der Waals surface area contributed by atoms with Crippen LogP contribution in [0.15, 0.2) is 54.6 Å². The van der Waals surface area contributed by atoms with Crippen molar-refractivity contribution in [1.29, 1.82) is 0 Å². The summed E-state index contributed by atoms with van der Waals surface area (Å²) in [6.45, 7) is 2.29. The summed E-state index contributed by atoms with van der Waals surface area (Å²) in [6.07, 6.45) is 11.6. The molecule has 2 aromatic carbocycles. The molecule has 2 aliphatic rings. The van der Waals surface area contributed by atoms with Crippen LogP contribution >= 0.6 is 0 Å². The van der Waals surface area contributed by atoms with Crippen molar-refractivity contribution in [3.63, 3.8) is 0 Å². The fraction of sp³-hybridized carbons (Fsp3) is 0.364. The first-order valence-electron chi connectivity index (χ1n) is 8.64.